The Balaban J connectivity index is 2.34. The molecule has 0 bridgehead atoms. The van der Waals surface area contributed by atoms with E-state index in [4.69, 9.17) is 11.6 Å². The number of hydrogen-bond donors (Lipinski definition) is 0. The average molecular weight is 442 g/mol. The minimum absolute atomic E-state index is 0.125. The van der Waals surface area contributed by atoms with Crippen molar-refractivity contribution in [2.75, 3.05) is 20.6 Å². The van der Waals surface area contributed by atoms with Crippen molar-refractivity contribution in [2.45, 2.75) is 6.54 Å². The van der Waals surface area contributed by atoms with Crippen LogP contribution in [0.25, 0.3) is 0 Å². The maximum atomic E-state index is 12.6. The lowest BCUT2D eigenvalue weighted by molar-refractivity contribution is 0.102. The lowest BCUT2D eigenvalue weighted by Gasteiger charge is -2.11. The normalized spacial score (nSPS) is 11.3. The van der Waals surface area contributed by atoms with Crippen molar-refractivity contribution in [3.8, 4) is 0 Å². The quantitative estimate of drug-likeness (QED) is 0.661. The highest BCUT2D eigenvalue weighted by molar-refractivity contribution is 9.12. The number of rotatable bonds is 5. The van der Waals surface area contributed by atoms with Gasteiger partial charge in [0.05, 0.1) is 30.9 Å². The van der Waals surface area contributed by atoms with Crippen LogP contribution in [0.5, 0.6) is 0 Å². The average Bonchev–Trinajstić information content (AvgIpc) is 2.89. The summed E-state index contributed by atoms with van der Waals surface area (Å²) in [6.07, 6.45) is 1.51. The minimum atomic E-state index is -0.125. The largest absolute Gasteiger partial charge is 0.308 e. The molecule has 4 nitrogen and oxygen atoms in total. The Morgan fingerprint density at radius 3 is 2.75 bits per heavy atom. The minimum Gasteiger partial charge on any atom is -0.308 e. The Kier molecular flexibility index (Phi) is 5.42. The molecule has 0 aliphatic carbocycles. The molecule has 0 aromatic carbocycles. The van der Waals surface area contributed by atoms with Gasteiger partial charge in [-0.2, -0.15) is 5.10 Å². The fraction of sp³-hybridized carbons (Fsp3) is 0.333. The first kappa shape index (κ1) is 16.2. The predicted octanol–water partition coefficient (Wildman–Crippen LogP) is 3.92. The van der Waals surface area contributed by atoms with Gasteiger partial charge in [-0.05, 0) is 52.0 Å². The fourth-order valence-corrected chi connectivity index (χ4v) is 4.70. The zero-order valence-electron chi connectivity index (χ0n) is 10.9. The molecule has 0 fully saturated rings. The van der Waals surface area contributed by atoms with E-state index in [1.54, 1.807) is 10.7 Å². The Morgan fingerprint density at radius 1 is 1.50 bits per heavy atom. The van der Waals surface area contributed by atoms with Crippen molar-refractivity contribution < 1.29 is 4.79 Å². The summed E-state index contributed by atoms with van der Waals surface area (Å²) in [5.74, 6) is -0.125. The fourth-order valence-electron chi connectivity index (χ4n) is 1.68. The molecule has 0 atom stereocenters. The summed E-state index contributed by atoms with van der Waals surface area (Å²) < 4.78 is 3.33. The van der Waals surface area contributed by atoms with Gasteiger partial charge in [0.15, 0.2) is 0 Å². The summed E-state index contributed by atoms with van der Waals surface area (Å²) in [7, 11) is 3.94. The van der Waals surface area contributed by atoms with Crippen LogP contribution in [-0.2, 0) is 6.54 Å². The van der Waals surface area contributed by atoms with Gasteiger partial charge in [0.25, 0.3) is 0 Å². The second kappa shape index (κ2) is 6.70. The standard InChI is InChI=1S/C12H12Br2ClN3OS/c1-17(2)3-4-18-10(8(15)6-16-18)11(19)7-5-9(13)20-12(7)14/h5-6H,3-4H2,1-2H3. The van der Waals surface area contributed by atoms with Gasteiger partial charge in [0.1, 0.15) is 5.69 Å². The van der Waals surface area contributed by atoms with Crippen molar-refractivity contribution in [1.29, 1.82) is 0 Å². The number of thiophene rings is 1. The first-order valence-electron chi connectivity index (χ1n) is 5.75. The van der Waals surface area contributed by atoms with E-state index in [1.165, 1.54) is 17.5 Å². The van der Waals surface area contributed by atoms with Gasteiger partial charge in [-0.3, -0.25) is 9.48 Å². The molecule has 0 saturated heterocycles. The number of carbonyl (C=O) groups excluding carboxylic acids is 1. The van der Waals surface area contributed by atoms with Gasteiger partial charge in [-0.1, -0.05) is 11.6 Å². The number of hydrogen-bond acceptors (Lipinski definition) is 4. The van der Waals surface area contributed by atoms with Crippen molar-refractivity contribution in [1.82, 2.24) is 14.7 Å². The van der Waals surface area contributed by atoms with Crippen LogP contribution >= 0.6 is 54.8 Å². The molecule has 20 heavy (non-hydrogen) atoms. The Morgan fingerprint density at radius 2 is 2.20 bits per heavy atom. The molecule has 0 aliphatic rings. The molecule has 0 saturated carbocycles. The molecule has 0 N–H and O–H groups in total. The van der Waals surface area contributed by atoms with Crippen molar-refractivity contribution in [3.63, 3.8) is 0 Å². The number of nitrogens with zero attached hydrogens (tertiary/aromatic N) is 3. The summed E-state index contributed by atoms with van der Waals surface area (Å²) in [6.45, 7) is 1.40. The van der Waals surface area contributed by atoms with E-state index in [1.807, 2.05) is 19.0 Å². The molecule has 0 spiro atoms. The molecule has 0 unspecified atom stereocenters. The summed E-state index contributed by atoms with van der Waals surface area (Å²) in [4.78, 5) is 14.7. The van der Waals surface area contributed by atoms with E-state index in [0.29, 0.717) is 22.8 Å². The molecule has 108 valence electrons. The van der Waals surface area contributed by atoms with Crippen LogP contribution in [0.3, 0.4) is 0 Å². The van der Waals surface area contributed by atoms with Gasteiger partial charge < -0.3 is 4.90 Å². The summed E-state index contributed by atoms with van der Waals surface area (Å²) in [5, 5.41) is 4.56. The third-order valence-corrected chi connectivity index (χ3v) is 5.29. The summed E-state index contributed by atoms with van der Waals surface area (Å²) in [5.41, 5.74) is 1.02. The van der Waals surface area contributed by atoms with E-state index in [9.17, 15) is 4.79 Å². The molecule has 2 rings (SSSR count). The van der Waals surface area contributed by atoms with E-state index in [-0.39, 0.29) is 5.78 Å². The van der Waals surface area contributed by atoms with E-state index in [0.717, 1.165) is 14.1 Å². The van der Waals surface area contributed by atoms with Crippen LogP contribution in [0, 0.1) is 0 Å². The van der Waals surface area contributed by atoms with E-state index < -0.39 is 0 Å². The first-order chi connectivity index (χ1) is 9.40. The van der Waals surface area contributed by atoms with Crippen LogP contribution in [0.1, 0.15) is 16.1 Å². The van der Waals surface area contributed by atoms with E-state index in [2.05, 4.69) is 37.0 Å². The zero-order chi connectivity index (χ0) is 14.9. The summed E-state index contributed by atoms with van der Waals surface area (Å²) in [6, 6.07) is 1.79. The molecular formula is C12H12Br2ClN3OS. The van der Waals surface area contributed by atoms with Crippen molar-refractivity contribution >= 4 is 60.6 Å². The smallest absolute Gasteiger partial charge is 0.214 e. The highest BCUT2D eigenvalue weighted by Crippen LogP contribution is 2.34. The van der Waals surface area contributed by atoms with Gasteiger partial charge in [-0.15, -0.1) is 11.3 Å². The van der Waals surface area contributed by atoms with Crippen LogP contribution in [0.15, 0.2) is 19.8 Å². The van der Waals surface area contributed by atoms with Gasteiger partial charge >= 0.3 is 0 Å². The van der Waals surface area contributed by atoms with Crippen LogP contribution < -0.4 is 0 Å². The third-order valence-electron chi connectivity index (χ3n) is 2.67. The number of halogens is 3. The molecule has 8 heteroatoms. The predicted molar refractivity (Wildman–Crippen MR) is 88.9 cm³/mol. The highest BCUT2D eigenvalue weighted by atomic mass is 79.9. The summed E-state index contributed by atoms with van der Waals surface area (Å²) >= 11 is 14.4. The Labute approximate surface area is 143 Å². The molecule has 2 heterocycles. The number of carbonyl (C=O) groups is 1. The second-order valence-corrected chi connectivity index (χ2v) is 8.59. The molecule has 0 radical (unpaired) electrons. The lowest BCUT2D eigenvalue weighted by Crippen LogP contribution is -2.21. The molecule has 0 amide bonds. The molecular weight excluding hydrogens is 429 g/mol. The van der Waals surface area contributed by atoms with Gasteiger partial charge in [0.2, 0.25) is 5.78 Å². The van der Waals surface area contributed by atoms with E-state index >= 15 is 0 Å². The van der Waals surface area contributed by atoms with Crippen LogP contribution in [-0.4, -0.2) is 41.1 Å². The Hall–Kier alpha value is -0.210. The molecule has 0 aliphatic heterocycles. The van der Waals surface area contributed by atoms with Crippen molar-refractivity contribution in [2.24, 2.45) is 0 Å². The van der Waals surface area contributed by atoms with Gasteiger partial charge in [-0.25, -0.2) is 0 Å². The van der Waals surface area contributed by atoms with Crippen molar-refractivity contribution in [3.05, 3.63) is 36.1 Å². The third kappa shape index (κ3) is 3.51. The maximum Gasteiger partial charge on any atom is 0.214 e. The monoisotopic (exact) mass is 439 g/mol. The Bertz CT molecular complexity index is 639. The van der Waals surface area contributed by atoms with Crippen LogP contribution in [0.2, 0.25) is 5.02 Å². The lowest BCUT2D eigenvalue weighted by atomic mass is 10.1. The van der Waals surface area contributed by atoms with Gasteiger partial charge in [0, 0.05) is 6.54 Å². The topological polar surface area (TPSA) is 38.1 Å². The van der Waals surface area contributed by atoms with Crippen LogP contribution in [0.4, 0.5) is 0 Å². The molecule has 2 aromatic heterocycles. The first-order valence-corrected chi connectivity index (χ1v) is 8.53. The zero-order valence-corrected chi connectivity index (χ0v) is 15.6. The number of aromatic nitrogens is 2. The number of likely N-dealkylation sites (N-methyl/N-ethyl adjacent to an activating group) is 1. The maximum absolute atomic E-state index is 12.6. The molecule has 2 aromatic rings. The SMILES string of the molecule is CN(C)CCn1ncc(Cl)c1C(=O)c1cc(Br)sc1Br. The highest BCUT2D eigenvalue weighted by Gasteiger charge is 2.22. The second-order valence-electron chi connectivity index (χ2n) is 4.43. The number of ketones is 1.